The standard InChI is InChI=1S/C18H14Cl2N2O/c1-2-9-22-18(23)14-6-4-3-5-13(14)17(21-22)11-12-7-8-15(19)16(20)10-12/h2-8,10H,1,9,11H2. The topological polar surface area (TPSA) is 34.9 Å². The maximum atomic E-state index is 12.4. The second-order valence-electron chi connectivity index (χ2n) is 5.19. The van der Waals surface area contributed by atoms with Gasteiger partial charge in [-0.1, -0.05) is 53.5 Å². The molecule has 0 aliphatic rings. The molecule has 2 aromatic carbocycles. The number of hydrogen-bond donors (Lipinski definition) is 0. The SMILES string of the molecule is C=CCn1nc(Cc2ccc(Cl)c(Cl)c2)c2ccccc2c1=O. The van der Waals surface area contributed by atoms with E-state index in [1.54, 1.807) is 12.1 Å². The summed E-state index contributed by atoms with van der Waals surface area (Å²) >= 11 is 12.0. The Bertz CT molecular complexity index is 947. The molecule has 0 aliphatic carbocycles. The highest BCUT2D eigenvalue weighted by molar-refractivity contribution is 6.42. The number of halogens is 2. The third-order valence-corrected chi connectivity index (χ3v) is 4.34. The van der Waals surface area contributed by atoms with Gasteiger partial charge in [-0.05, 0) is 23.8 Å². The van der Waals surface area contributed by atoms with Gasteiger partial charge in [-0.15, -0.1) is 6.58 Å². The summed E-state index contributed by atoms with van der Waals surface area (Å²) in [7, 11) is 0. The summed E-state index contributed by atoms with van der Waals surface area (Å²) in [5.74, 6) is 0. The molecule has 0 saturated carbocycles. The number of nitrogens with zero attached hydrogens (tertiary/aromatic N) is 2. The Morgan fingerprint density at radius 2 is 1.83 bits per heavy atom. The van der Waals surface area contributed by atoms with Crippen LogP contribution >= 0.6 is 23.2 Å². The van der Waals surface area contributed by atoms with Crippen molar-refractivity contribution in [2.24, 2.45) is 0 Å². The Morgan fingerprint density at radius 3 is 2.52 bits per heavy atom. The molecule has 116 valence electrons. The third-order valence-electron chi connectivity index (χ3n) is 3.60. The normalized spacial score (nSPS) is 10.9. The summed E-state index contributed by atoms with van der Waals surface area (Å²) < 4.78 is 1.43. The average molecular weight is 345 g/mol. The molecule has 0 atom stereocenters. The molecule has 0 amide bonds. The molecule has 3 rings (SSSR count). The van der Waals surface area contributed by atoms with E-state index in [0.717, 1.165) is 16.6 Å². The molecule has 0 fully saturated rings. The molecule has 3 nitrogen and oxygen atoms in total. The summed E-state index contributed by atoms with van der Waals surface area (Å²) in [6.45, 7) is 4.05. The van der Waals surface area contributed by atoms with Gasteiger partial charge in [0.2, 0.25) is 0 Å². The van der Waals surface area contributed by atoms with Crippen LogP contribution in [0.1, 0.15) is 11.3 Å². The van der Waals surface area contributed by atoms with E-state index in [2.05, 4.69) is 11.7 Å². The molecule has 1 aromatic heterocycles. The fourth-order valence-electron chi connectivity index (χ4n) is 2.52. The van der Waals surface area contributed by atoms with Gasteiger partial charge in [0.05, 0.1) is 27.7 Å². The Kier molecular flexibility index (Phi) is 4.51. The minimum absolute atomic E-state index is 0.113. The molecular formula is C18H14Cl2N2O. The minimum Gasteiger partial charge on any atom is -0.267 e. The first-order chi connectivity index (χ1) is 11.1. The van der Waals surface area contributed by atoms with Crippen molar-refractivity contribution in [2.75, 3.05) is 0 Å². The molecule has 0 unspecified atom stereocenters. The van der Waals surface area contributed by atoms with E-state index in [1.165, 1.54) is 4.68 Å². The number of benzene rings is 2. The lowest BCUT2D eigenvalue weighted by Crippen LogP contribution is -2.24. The monoisotopic (exact) mass is 344 g/mol. The molecule has 0 saturated heterocycles. The van der Waals surface area contributed by atoms with Crippen molar-refractivity contribution in [2.45, 2.75) is 13.0 Å². The minimum atomic E-state index is -0.113. The van der Waals surface area contributed by atoms with Crippen LogP contribution in [0, 0.1) is 0 Å². The smallest absolute Gasteiger partial charge is 0.267 e. The van der Waals surface area contributed by atoms with E-state index in [1.807, 2.05) is 36.4 Å². The molecular weight excluding hydrogens is 331 g/mol. The van der Waals surface area contributed by atoms with Crippen LogP contribution in [-0.2, 0) is 13.0 Å². The van der Waals surface area contributed by atoms with Crippen LogP contribution in [0.4, 0.5) is 0 Å². The summed E-state index contributed by atoms with van der Waals surface area (Å²) in [4.78, 5) is 12.4. The van der Waals surface area contributed by atoms with Crippen LogP contribution in [0.3, 0.4) is 0 Å². The van der Waals surface area contributed by atoms with Gasteiger partial charge in [-0.3, -0.25) is 4.79 Å². The van der Waals surface area contributed by atoms with Gasteiger partial charge >= 0.3 is 0 Å². The van der Waals surface area contributed by atoms with Gasteiger partial charge in [0.25, 0.3) is 5.56 Å². The molecule has 0 spiro atoms. The maximum absolute atomic E-state index is 12.4. The Morgan fingerprint density at radius 1 is 1.09 bits per heavy atom. The van der Waals surface area contributed by atoms with Crippen molar-refractivity contribution in [1.82, 2.24) is 9.78 Å². The number of rotatable bonds is 4. The summed E-state index contributed by atoms with van der Waals surface area (Å²) in [6, 6.07) is 13.0. The van der Waals surface area contributed by atoms with E-state index < -0.39 is 0 Å². The van der Waals surface area contributed by atoms with Crippen molar-refractivity contribution in [3.05, 3.63) is 86.8 Å². The summed E-state index contributed by atoms with van der Waals surface area (Å²) in [5.41, 5.74) is 1.69. The zero-order valence-electron chi connectivity index (χ0n) is 12.3. The van der Waals surface area contributed by atoms with Crippen LogP contribution in [0.25, 0.3) is 10.8 Å². The van der Waals surface area contributed by atoms with Gasteiger partial charge in [-0.2, -0.15) is 5.10 Å². The Labute approximate surface area is 143 Å². The third kappa shape index (κ3) is 3.16. The number of aromatic nitrogens is 2. The second-order valence-corrected chi connectivity index (χ2v) is 6.01. The zero-order valence-corrected chi connectivity index (χ0v) is 13.8. The molecule has 3 aromatic rings. The maximum Gasteiger partial charge on any atom is 0.274 e. The summed E-state index contributed by atoms with van der Waals surface area (Å²) in [5, 5.41) is 7.02. The van der Waals surface area contributed by atoms with Crippen molar-refractivity contribution < 1.29 is 0 Å². The van der Waals surface area contributed by atoms with Crippen molar-refractivity contribution >= 4 is 34.0 Å². The van der Waals surface area contributed by atoms with Gasteiger partial charge in [-0.25, -0.2) is 4.68 Å². The van der Waals surface area contributed by atoms with E-state index >= 15 is 0 Å². The average Bonchev–Trinajstić information content (AvgIpc) is 2.55. The molecule has 0 N–H and O–H groups in total. The zero-order chi connectivity index (χ0) is 16.4. The number of hydrogen-bond acceptors (Lipinski definition) is 2. The molecule has 5 heteroatoms. The van der Waals surface area contributed by atoms with Gasteiger partial charge in [0, 0.05) is 11.8 Å². The van der Waals surface area contributed by atoms with Crippen LogP contribution in [-0.4, -0.2) is 9.78 Å². The Hall–Kier alpha value is -2.10. The molecule has 0 radical (unpaired) electrons. The lowest BCUT2D eigenvalue weighted by Gasteiger charge is -2.10. The quantitative estimate of drug-likeness (QED) is 0.654. The first-order valence-corrected chi connectivity index (χ1v) is 7.89. The van der Waals surface area contributed by atoms with Gasteiger partial charge < -0.3 is 0 Å². The highest BCUT2D eigenvalue weighted by Gasteiger charge is 2.11. The predicted octanol–water partition coefficient (Wildman–Crippen LogP) is 4.48. The molecule has 0 aliphatic heterocycles. The van der Waals surface area contributed by atoms with Crippen LogP contribution in [0.15, 0.2) is 59.9 Å². The lowest BCUT2D eigenvalue weighted by molar-refractivity contribution is 0.645. The van der Waals surface area contributed by atoms with Gasteiger partial charge in [0.15, 0.2) is 0 Å². The van der Waals surface area contributed by atoms with E-state index in [-0.39, 0.29) is 5.56 Å². The van der Waals surface area contributed by atoms with Crippen LogP contribution in [0.5, 0.6) is 0 Å². The highest BCUT2D eigenvalue weighted by atomic mass is 35.5. The highest BCUT2D eigenvalue weighted by Crippen LogP contribution is 2.24. The van der Waals surface area contributed by atoms with Crippen molar-refractivity contribution in [3.8, 4) is 0 Å². The van der Waals surface area contributed by atoms with Crippen molar-refractivity contribution in [3.63, 3.8) is 0 Å². The number of allylic oxidation sites excluding steroid dienone is 1. The van der Waals surface area contributed by atoms with Crippen LogP contribution in [0.2, 0.25) is 10.0 Å². The first kappa shape index (κ1) is 15.8. The first-order valence-electron chi connectivity index (χ1n) is 7.13. The fourth-order valence-corrected chi connectivity index (χ4v) is 2.85. The van der Waals surface area contributed by atoms with E-state index in [4.69, 9.17) is 23.2 Å². The van der Waals surface area contributed by atoms with E-state index in [0.29, 0.717) is 28.4 Å². The predicted molar refractivity (Wildman–Crippen MR) is 95.5 cm³/mol. The van der Waals surface area contributed by atoms with Crippen LogP contribution < -0.4 is 5.56 Å². The Balaban J connectivity index is 2.15. The largest absolute Gasteiger partial charge is 0.274 e. The fraction of sp³-hybridized carbons (Fsp3) is 0.111. The lowest BCUT2D eigenvalue weighted by atomic mass is 10.0. The molecule has 23 heavy (non-hydrogen) atoms. The number of fused-ring (bicyclic) bond motifs is 1. The van der Waals surface area contributed by atoms with E-state index in [9.17, 15) is 4.79 Å². The van der Waals surface area contributed by atoms with Crippen molar-refractivity contribution in [1.29, 1.82) is 0 Å². The molecule has 0 bridgehead atoms. The summed E-state index contributed by atoms with van der Waals surface area (Å²) in [6.07, 6.45) is 2.22. The second kappa shape index (κ2) is 6.57. The van der Waals surface area contributed by atoms with Gasteiger partial charge in [0.1, 0.15) is 0 Å². The molecule has 1 heterocycles.